The van der Waals surface area contributed by atoms with Crippen LogP contribution < -0.4 is 4.90 Å². The summed E-state index contributed by atoms with van der Waals surface area (Å²) >= 11 is 0. The van der Waals surface area contributed by atoms with Crippen molar-refractivity contribution in [2.24, 2.45) is 0 Å². The molecule has 0 spiro atoms. The van der Waals surface area contributed by atoms with Crippen molar-refractivity contribution < 1.29 is 9.90 Å². The first-order valence-corrected chi connectivity index (χ1v) is 6.30. The molecule has 0 amide bonds. The van der Waals surface area contributed by atoms with E-state index in [1.54, 1.807) is 12.3 Å². The third kappa shape index (κ3) is 2.01. The van der Waals surface area contributed by atoms with Crippen molar-refractivity contribution in [2.75, 3.05) is 11.9 Å². The number of rotatable bonds is 3. The molecule has 0 fully saturated rings. The molecule has 2 heterocycles. The van der Waals surface area contributed by atoms with E-state index in [0.29, 0.717) is 0 Å². The Bertz CT molecular complexity index is 763. The SMILES string of the molecule is CN(c1ccccc1)c1ccc2ccc(C(=O)O)cn12. The van der Waals surface area contributed by atoms with Gasteiger partial charge in [-0.1, -0.05) is 18.2 Å². The molecule has 0 atom stereocenters. The van der Waals surface area contributed by atoms with Crippen LogP contribution in [-0.4, -0.2) is 22.5 Å². The largest absolute Gasteiger partial charge is 0.478 e. The first-order chi connectivity index (χ1) is 9.66. The van der Waals surface area contributed by atoms with E-state index in [4.69, 9.17) is 5.11 Å². The first kappa shape index (κ1) is 12.3. The molecule has 0 aliphatic carbocycles. The number of fused-ring (bicyclic) bond motifs is 1. The lowest BCUT2D eigenvalue weighted by Crippen LogP contribution is -2.12. The molecule has 4 nitrogen and oxygen atoms in total. The molecule has 0 radical (unpaired) electrons. The highest BCUT2D eigenvalue weighted by Crippen LogP contribution is 2.25. The lowest BCUT2D eigenvalue weighted by molar-refractivity contribution is 0.0696. The molecule has 20 heavy (non-hydrogen) atoms. The Labute approximate surface area is 116 Å². The number of nitrogens with zero attached hydrogens (tertiary/aromatic N) is 2. The van der Waals surface area contributed by atoms with E-state index in [1.807, 2.05) is 64.9 Å². The molecule has 0 bridgehead atoms. The smallest absolute Gasteiger partial charge is 0.337 e. The van der Waals surface area contributed by atoms with Crippen LogP contribution in [0.2, 0.25) is 0 Å². The average Bonchev–Trinajstić information content (AvgIpc) is 2.90. The summed E-state index contributed by atoms with van der Waals surface area (Å²) in [4.78, 5) is 13.1. The zero-order valence-electron chi connectivity index (χ0n) is 11.0. The molecular weight excluding hydrogens is 252 g/mol. The lowest BCUT2D eigenvalue weighted by atomic mass is 10.3. The van der Waals surface area contributed by atoms with Crippen molar-refractivity contribution >= 4 is 23.0 Å². The van der Waals surface area contributed by atoms with Gasteiger partial charge >= 0.3 is 5.97 Å². The summed E-state index contributed by atoms with van der Waals surface area (Å²) < 4.78 is 1.89. The minimum atomic E-state index is -0.922. The molecule has 0 aliphatic heterocycles. The third-order valence-corrected chi connectivity index (χ3v) is 3.36. The normalized spacial score (nSPS) is 10.7. The van der Waals surface area contributed by atoms with Gasteiger partial charge < -0.3 is 14.4 Å². The number of hydrogen-bond donors (Lipinski definition) is 1. The van der Waals surface area contributed by atoms with Crippen LogP contribution in [0.5, 0.6) is 0 Å². The van der Waals surface area contributed by atoms with Gasteiger partial charge in [-0.3, -0.25) is 0 Å². The van der Waals surface area contributed by atoms with Crippen molar-refractivity contribution in [2.45, 2.75) is 0 Å². The summed E-state index contributed by atoms with van der Waals surface area (Å²) in [5.74, 6) is 0.00298. The highest BCUT2D eigenvalue weighted by Gasteiger charge is 2.10. The monoisotopic (exact) mass is 266 g/mol. The highest BCUT2D eigenvalue weighted by atomic mass is 16.4. The van der Waals surface area contributed by atoms with Crippen molar-refractivity contribution in [1.29, 1.82) is 0 Å². The van der Waals surface area contributed by atoms with Crippen LogP contribution in [-0.2, 0) is 0 Å². The predicted molar refractivity (Wildman–Crippen MR) is 78.9 cm³/mol. The van der Waals surface area contributed by atoms with Crippen LogP contribution in [0, 0.1) is 0 Å². The summed E-state index contributed by atoms with van der Waals surface area (Å²) in [5.41, 5.74) is 2.29. The Morgan fingerprint density at radius 3 is 2.45 bits per heavy atom. The zero-order valence-corrected chi connectivity index (χ0v) is 11.0. The number of para-hydroxylation sites is 1. The second-order valence-electron chi connectivity index (χ2n) is 4.60. The van der Waals surface area contributed by atoms with Gasteiger partial charge in [0.2, 0.25) is 0 Å². The van der Waals surface area contributed by atoms with Crippen LogP contribution in [0.3, 0.4) is 0 Å². The van der Waals surface area contributed by atoms with E-state index >= 15 is 0 Å². The molecule has 3 aromatic rings. The van der Waals surface area contributed by atoms with Crippen molar-refractivity contribution in [1.82, 2.24) is 4.40 Å². The van der Waals surface area contributed by atoms with Gasteiger partial charge in [-0.25, -0.2) is 4.79 Å². The topological polar surface area (TPSA) is 45.0 Å². The van der Waals surface area contributed by atoms with Crippen LogP contribution >= 0.6 is 0 Å². The van der Waals surface area contributed by atoms with E-state index in [1.165, 1.54) is 0 Å². The molecular formula is C16H14N2O2. The summed E-state index contributed by atoms with van der Waals surface area (Å²) in [7, 11) is 1.96. The van der Waals surface area contributed by atoms with Gasteiger partial charge in [0, 0.05) is 24.4 Å². The van der Waals surface area contributed by atoms with Gasteiger partial charge in [0.25, 0.3) is 0 Å². The van der Waals surface area contributed by atoms with Crippen LogP contribution in [0.1, 0.15) is 10.4 Å². The van der Waals surface area contributed by atoms with Crippen molar-refractivity contribution in [3.05, 3.63) is 66.4 Å². The van der Waals surface area contributed by atoms with E-state index < -0.39 is 5.97 Å². The molecule has 4 heteroatoms. The quantitative estimate of drug-likeness (QED) is 0.790. The Balaban J connectivity index is 2.12. The molecule has 0 saturated heterocycles. The Morgan fingerprint density at radius 2 is 1.75 bits per heavy atom. The Hall–Kier alpha value is -2.75. The first-order valence-electron chi connectivity index (χ1n) is 6.30. The molecule has 1 aromatic carbocycles. The fourth-order valence-corrected chi connectivity index (χ4v) is 2.27. The standard InChI is InChI=1S/C16H14N2O2/c1-17(13-5-3-2-4-6-13)15-10-9-14-8-7-12(16(19)20)11-18(14)15/h2-11H,1H3,(H,19,20). The van der Waals surface area contributed by atoms with Gasteiger partial charge in [-0.2, -0.15) is 0 Å². The lowest BCUT2D eigenvalue weighted by Gasteiger charge is -2.19. The number of carboxylic acids is 1. The van der Waals surface area contributed by atoms with Crippen molar-refractivity contribution in [3.8, 4) is 0 Å². The number of pyridine rings is 1. The third-order valence-electron chi connectivity index (χ3n) is 3.36. The maximum absolute atomic E-state index is 11.1. The summed E-state index contributed by atoms with van der Waals surface area (Å²) in [6, 6.07) is 17.3. The van der Waals surface area contributed by atoms with E-state index in [-0.39, 0.29) is 5.56 Å². The maximum Gasteiger partial charge on any atom is 0.337 e. The Kier molecular flexibility index (Phi) is 2.91. The fourth-order valence-electron chi connectivity index (χ4n) is 2.27. The molecule has 100 valence electrons. The van der Waals surface area contributed by atoms with E-state index in [0.717, 1.165) is 17.0 Å². The summed E-state index contributed by atoms with van der Waals surface area (Å²) in [5, 5.41) is 9.10. The maximum atomic E-state index is 11.1. The van der Waals surface area contributed by atoms with Crippen LogP contribution in [0.15, 0.2) is 60.8 Å². The molecule has 2 aromatic heterocycles. The fraction of sp³-hybridized carbons (Fsp3) is 0.0625. The van der Waals surface area contributed by atoms with Crippen LogP contribution in [0.4, 0.5) is 11.5 Å². The van der Waals surface area contributed by atoms with E-state index in [2.05, 4.69) is 0 Å². The molecule has 0 unspecified atom stereocenters. The van der Waals surface area contributed by atoms with Gasteiger partial charge in [-0.05, 0) is 36.4 Å². The number of benzene rings is 1. The van der Waals surface area contributed by atoms with Gasteiger partial charge in [-0.15, -0.1) is 0 Å². The van der Waals surface area contributed by atoms with Crippen molar-refractivity contribution in [3.63, 3.8) is 0 Å². The number of aromatic nitrogens is 1. The van der Waals surface area contributed by atoms with Crippen LogP contribution in [0.25, 0.3) is 5.52 Å². The Morgan fingerprint density at radius 1 is 1.05 bits per heavy atom. The minimum absolute atomic E-state index is 0.274. The van der Waals surface area contributed by atoms with E-state index in [9.17, 15) is 4.79 Å². The second kappa shape index (κ2) is 4.74. The predicted octanol–water partition coefficient (Wildman–Crippen LogP) is 3.41. The molecule has 3 rings (SSSR count). The minimum Gasteiger partial charge on any atom is -0.478 e. The number of carboxylic acid groups (broad SMARTS) is 1. The zero-order chi connectivity index (χ0) is 14.1. The molecule has 0 saturated carbocycles. The second-order valence-corrected chi connectivity index (χ2v) is 4.60. The van der Waals surface area contributed by atoms with Gasteiger partial charge in [0.1, 0.15) is 5.82 Å². The number of aromatic carboxylic acids is 1. The molecule has 1 N–H and O–H groups in total. The van der Waals surface area contributed by atoms with Gasteiger partial charge in [0.05, 0.1) is 5.56 Å². The number of carbonyl (C=O) groups is 1. The number of hydrogen-bond acceptors (Lipinski definition) is 2. The summed E-state index contributed by atoms with van der Waals surface area (Å²) in [6.07, 6.45) is 1.65. The highest BCUT2D eigenvalue weighted by molar-refractivity contribution is 5.88. The summed E-state index contributed by atoms with van der Waals surface area (Å²) in [6.45, 7) is 0. The average molecular weight is 266 g/mol. The number of anilines is 2. The molecule has 0 aliphatic rings. The van der Waals surface area contributed by atoms with Gasteiger partial charge in [0.15, 0.2) is 0 Å².